The summed E-state index contributed by atoms with van der Waals surface area (Å²) in [6.45, 7) is 3.98. The molecule has 0 bridgehead atoms. The van der Waals surface area contributed by atoms with E-state index in [1.807, 2.05) is 44.2 Å². The summed E-state index contributed by atoms with van der Waals surface area (Å²) < 4.78 is 16.1. The third-order valence-electron chi connectivity index (χ3n) is 5.32. The van der Waals surface area contributed by atoms with Gasteiger partial charge in [0.15, 0.2) is 11.5 Å². The summed E-state index contributed by atoms with van der Waals surface area (Å²) in [5, 5.41) is 7.07. The summed E-state index contributed by atoms with van der Waals surface area (Å²) >= 11 is 0. The van der Waals surface area contributed by atoms with Gasteiger partial charge in [-0.3, -0.25) is 4.79 Å². The van der Waals surface area contributed by atoms with E-state index in [9.17, 15) is 4.79 Å². The van der Waals surface area contributed by atoms with Crippen molar-refractivity contribution < 1.29 is 18.8 Å². The molecule has 0 unspecified atom stereocenters. The van der Waals surface area contributed by atoms with Crippen molar-refractivity contribution in [3.8, 4) is 34.3 Å². The van der Waals surface area contributed by atoms with Crippen molar-refractivity contribution in [3.63, 3.8) is 0 Å². The molecule has 7 heteroatoms. The standard InChI is InChI=1S/C25H23N3O4/c1-15-8-7-11-20(16(15)2)26-24(29)18-9-5-6-10-19(18)25-27-23(28-32-25)17-12-13-21(30-3)22(14-17)31-4/h5-14H,1-4H3,(H,26,29). The molecule has 0 saturated heterocycles. The zero-order valence-corrected chi connectivity index (χ0v) is 18.3. The maximum absolute atomic E-state index is 13.1. The molecule has 0 radical (unpaired) electrons. The van der Waals surface area contributed by atoms with Crippen LogP contribution in [0.1, 0.15) is 21.5 Å². The van der Waals surface area contributed by atoms with Gasteiger partial charge in [0.05, 0.1) is 25.3 Å². The zero-order valence-electron chi connectivity index (χ0n) is 18.3. The van der Waals surface area contributed by atoms with Gasteiger partial charge in [0.25, 0.3) is 11.8 Å². The Kier molecular flexibility index (Phi) is 5.89. The van der Waals surface area contributed by atoms with Crippen molar-refractivity contribution in [3.05, 3.63) is 77.4 Å². The molecule has 4 aromatic rings. The van der Waals surface area contributed by atoms with Gasteiger partial charge < -0.3 is 19.3 Å². The molecular weight excluding hydrogens is 406 g/mol. The van der Waals surface area contributed by atoms with Gasteiger partial charge >= 0.3 is 0 Å². The van der Waals surface area contributed by atoms with E-state index in [0.29, 0.717) is 34.0 Å². The lowest BCUT2D eigenvalue weighted by molar-refractivity contribution is 0.102. The third kappa shape index (κ3) is 4.05. The number of aryl methyl sites for hydroxylation is 1. The lowest BCUT2D eigenvalue weighted by Gasteiger charge is -2.11. The van der Waals surface area contributed by atoms with E-state index in [0.717, 1.165) is 16.8 Å². The summed E-state index contributed by atoms with van der Waals surface area (Å²) in [4.78, 5) is 17.6. The number of nitrogens with zero attached hydrogens (tertiary/aromatic N) is 2. The van der Waals surface area contributed by atoms with Crippen molar-refractivity contribution in [2.75, 3.05) is 19.5 Å². The van der Waals surface area contributed by atoms with Crippen molar-refractivity contribution in [2.45, 2.75) is 13.8 Å². The first-order chi connectivity index (χ1) is 15.5. The number of aromatic nitrogens is 2. The van der Waals surface area contributed by atoms with E-state index in [2.05, 4.69) is 15.5 Å². The number of hydrogen-bond acceptors (Lipinski definition) is 6. The Bertz CT molecular complexity index is 1280. The molecule has 4 rings (SSSR count). The molecule has 0 saturated carbocycles. The van der Waals surface area contributed by atoms with Gasteiger partial charge in [-0.25, -0.2) is 0 Å². The second kappa shape index (κ2) is 8.93. The Morgan fingerprint density at radius 2 is 1.72 bits per heavy atom. The minimum absolute atomic E-state index is 0.250. The van der Waals surface area contributed by atoms with Crippen LogP contribution in [0.3, 0.4) is 0 Å². The summed E-state index contributed by atoms with van der Waals surface area (Å²) in [5.74, 6) is 1.55. The molecule has 0 fully saturated rings. The second-order valence-electron chi connectivity index (χ2n) is 7.24. The van der Waals surface area contributed by atoms with E-state index >= 15 is 0 Å². The summed E-state index contributed by atoms with van der Waals surface area (Å²) in [5.41, 5.74) is 4.58. The number of anilines is 1. The first kappa shape index (κ1) is 21.1. The van der Waals surface area contributed by atoms with Gasteiger partial charge in [-0.15, -0.1) is 0 Å². The van der Waals surface area contributed by atoms with Gasteiger partial charge in [-0.2, -0.15) is 4.98 Å². The van der Waals surface area contributed by atoms with E-state index < -0.39 is 0 Å². The van der Waals surface area contributed by atoms with E-state index in [-0.39, 0.29) is 11.8 Å². The summed E-state index contributed by atoms with van der Waals surface area (Å²) in [7, 11) is 3.14. The molecule has 3 aromatic carbocycles. The fraction of sp³-hybridized carbons (Fsp3) is 0.160. The number of methoxy groups -OCH3 is 2. The lowest BCUT2D eigenvalue weighted by atomic mass is 10.1. The number of benzene rings is 3. The van der Waals surface area contributed by atoms with E-state index in [1.165, 1.54) is 0 Å². The molecule has 1 heterocycles. The van der Waals surface area contributed by atoms with Crippen LogP contribution in [0.25, 0.3) is 22.8 Å². The monoisotopic (exact) mass is 429 g/mol. The molecular formula is C25H23N3O4. The highest BCUT2D eigenvalue weighted by Gasteiger charge is 2.19. The molecule has 0 aliphatic carbocycles. The fourth-order valence-corrected chi connectivity index (χ4v) is 3.37. The van der Waals surface area contributed by atoms with Gasteiger partial charge in [-0.1, -0.05) is 29.4 Å². The average Bonchev–Trinajstić information content (AvgIpc) is 3.31. The molecule has 1 N–H and O–H groups in total. The Labute approximate surface area is 186 Å². The summed E-state index contributed by atoms with van der Waals surface area (Å²) in [6.07, 6.45) is 0. The van der Waals surface area contributed by atoms with Crippen LogP contribution < -0.4 is 14.8 Å². The van der Waals surface area contributed by atoms with Crippen LogP contribution in [0.5, 0.6) is 11.5 Å². The molecule has 162 valence electrons. The Morgan fingerprint density at radius 1 is 0.938 bits per heavy atom. The SMILES string of the molecule is COc1ccc(-c2noc(-c3ccccc3C(=O)Nc3cccc(C)c3C)n2)cc1OC. The van der Waals surface area contributed by atoms with E-state index in [4.69, 9.17) is 14.0 Å². The number of ether oxygens (including phenoxy) is 2. The third-order valence-corrected chi connectivity index (χ3v) is 5.32. The first-order valence-electron chi connectivity index (χ1n) is 10.0. The highest BCUT2D eigenvalue weighted by atomic mass is 16.5. The van der Waals surface area contributed by atoms with Crippen LogP contribution in [0, 0.1) is 13.8 Å². The topological polar surface area (TPSA) is 86.5 Å². The number of nitrogens with one attached hydrogen (secondary N) is 1. The minimum Gasteiger partial charge on any atom is -0.493 e. The van der Waals surface area contributed by atoms with Crippen molar-refractivity contribution >= 4 is 11.6 Å². The fourth-order valence-electron chi connectivity index (χ4n) is 3.37. The predicted octanol–water partition coefficient (Wildman–Crippen LogP) is 5.29. The summed E-state index contributed by atoms with van der Waals surface area (Å²) in [6, 6.07) is 18.3. The van der Waals surface area contributed by atoms with Crippen molar-refractivity contribution in [1.82, 2.24) is 10.1 Å². The van der Waals surface area contributed by atoms with Crippen LogP contribution >= 0.6 is 0 Å². The maximum Gasteiger partial charge on any atom is 0.259 e. The van der Waals surface area contributed by atoms with Gasteiger partial charge in [0, 0.05) is 11.3 Å². The maximum atomic E-state index is 13.1. The van der Waals surface area contributed by atoms with Crippen LogP contribution in [0.4, 0.5) is 5.69 Å². The quantitative estimate of drug-likeness (QED) is 0.448. The van der Waals surface area contributed by atoms with Crippen LogP contribution in [0.2, 0.25) is 0 Å². The highest BCUT2D eigenvalue weighted by molar-refractivity contribution is 6.08. The first-order valence-corrected chi connectivity index (χ1v) is 10.0. The van der Waals surface area contributed by atoms with E-state index in [1.54, 1.807) is 44.6 Å². The normalized spacial score (nSPS) is 10.6. The average molecular weight is 429 g/mol. The number of rotatable bonds is 6. The minimum atomic E-state index is -0.250. The van der Waals surface area contributed by atoms with Gasteiger partial charge in [0.1, 0.15) is 0 Å². The predicted molar refractivity (Wildman–Crippen MR) is 122 cm³/mol. The largest absolute Gasteiger partial charge is 0.493 e. The molecule has 32 heavy (non-hydrogen) atoms. The molecule has 1 amide bonds. The van der Waals surface area contributed by atoms with Crippen LogP contribution in [0.15, 0.2) is 65.2 Å². The van der Waals surface area contributed by atoms with Crippen molar-refractivity contribution in [2.24, 2.45) is 0 Å². The van der Waals surface area contributed by atoms with Crippen molar-refractivity contribution in [1.29, 1.82) is 0 Å². The number of carbonyl (C=O) groups excluding carboxylic acids is 1. The lowest BCUT2D eigenvalue weighted by Crippen LogP contribution is -2.14. The smallest absolute Gasteiger partial charge is 0.259 e. The molecule has 0 spiro atoms. The Hall–Kier alpha value is -4.13. The Morgan fingerprint density at radius 3 is 2.50 bits per heavy atom. The number of amides is 1. The van der Waals surface area contributed by atoms with Crippen LogP contribution in [-0.4, -0.2) is 30.3 Å². The molecule has 0 aliphatic heterocycles. The van der Waals surface area contributed by atoms with Gasteiger partial charge in [-0.05, 0) is 61.4 Å². The number of hydrogen-bond donors (Lipinski definition) is 1. The second-order valence-corrected chi connectivity index (χ2v) is 7.24. The molecule has 0 atom stereocenters. The molecule has 1 aromatic heterocycles. The van der Waals surface area contributed by atoms with Crippen LogP contribution in [-0.2, 0) is 0 Å². The highest BCUT2D eigenvalue weighted by Crippen LogP contribution is 2.32. The number of carbonyl (C=O) groups is 1. The Balaban J connectivity index is 1.66. The molecule has 7 nitrogen and oxygen atoms in total. The van der Waals surface area contributed by atoms with Gasteiger partial charge in [0.2, 0.25) is 5.82 Å². The zero-order chi connectivity index (χ0) is 22.7. The molecule has 0 aliphatic rings.